The summed E-state index contributed by atoms with van der Waals surface area (Å²) in [6, 6.07) is 8.74. The first kappa shape index (κ1) is 6.30. The van der Waals surface area contributed by atoms with Crippen molar-refractivity contribution in [2.75, 3.05) is 0 Å². The first-order valence-corrected chi connectivity index (χ1v) is 2.93. The molecule has 0 amide bonds. The Morgan fingerprint density at radius 3 is 2.11 bits per heavy atom. The Morgan fingerprint density at radius 1 is 1.22 bits per heavy atom. The van der Waals surface area contributed by atoms with Crippen LogP contribution in [0.4, 0.5) is 0 Å². The second kappa shape index (κ2) is 2.65. The van der Waals surface area contributed by atoms with E-state index in [0.29, 0.717) is 5.56 Å². The predicted molar refractivity (Wildman–Crippen MR) is 36.6 cm³/mol. The van der Waals surface area contributed by atoms with Crippen LogP contribution in [-0.4, -0.2) is 5.24 Å². The molecule has 1 aromatic rings. The molecule has 1 rings (SSSR count). The average Bonchev–Trinajstić information content (AvgIpc) is 1.90. The molecule has 0 spiro atoms. The maximum absolute atomic E-state index is 10.4. The third-order valence-electron chi connectivity index (χ3n) is 1.00. The van der Waals surface area contributed by atoms with E-state index in [1.54, 1.807) is 24.3 Å². The fourth-order valence-corrected chi connectivity index (χ4v) is 0.695. The molecule has 1 aromatic carbocycles. The van der Waals surface area contributed by atoms with Crippen molar-refractivity contribution in [3.63, 3.8) is 0 Å². The molecule has 0 aliphatic rings. The highest BCUT2D eigenvalue weighted by molar-refractivity contribution is 6.67. The van der Waals surface area contributed by atoms with E-state index in [4.69, 9.17) is 11.6 Å². The van der Waals surface area contributed by atoms with Crippen molar-refractivity contribution < 1.29 is 4.79 Å². The minimum absolute atomic E-state index is 0.407. The van der Waals surface area contributed by atoms with Gasteiger partial charge in [-0.15, -0.1) is 0 Å². The van der Waals surface area contributed by atoms with Gasteiger partial charge in [0.05, 0.1) is 0 Å². The van der Waals surface area contributed by atoms with Crippen LogP contribution in [0.2, 0.25) is 0 Å². The lowest BCUT2D eigenvalue weighted by atomic mass is 10.3. The summed E-state index contributed by atoms with van der Waals surface area (Å²) in [5, 5.41) is -0.407. The summed E-state index contributed by atoms with van der Waals surface area (Å²) in [5.41, 5.74) is 0.541. The largest absolute Gasteiger partial charge is 0.276 e. The normalized spacial score (nSPS) is 9.00. The molecule has 0 unspecified atom stereocenters. The van der Waals surface area contributed by atoms with Crippen molar-refractivity contribution in [2.24, 2.45) is 0 Å². The molecule has 2 heteroatoms. The number of benzene rings is 1. The highest BCUT2D eigenvalue weighted by Crippen LogP contribution is 2.01. The van der Waals surface area contributed by atoms with Gasteiger partial charge in [0.15, 0.2) is 0 Å². The molecule has 0 atom stereocenters. The first-order chi connectivity index (χ1) is 4.30. The van der Waals surface area contributed by atoms with E-state index in [1.807, 2.05) is 6.07 Å². The van der Waals surface area contributed by atoms with Gasteiger partial charge >= 0.3 is 0 Å². The second-order valence-electron chi connectivity index (χ2n) is 1.64. The Labute approximate surface area is 58.3 Å². The summed E-state index contributed by atoms with van der Waals surface area (Å²) < 4.78 is 0. The van der Waals surface area contributed by atoms with Gasteiger partial charge < -0.3 is 0 Å². The van der Waals surface area contributed by atoms with E-state index in [0.717, 1.165) is 0 Å². The van der Waals surface area contributed by atoms with Crippen molar-refractivity contribution in [3.05, 3.63) is 35.9 Å². The van der Waals surface area contributed by atoms with Crippen LogP contribution in [0.25, 0.3) is 0 Å². The summed E-state index contributed by atoms with van der Waals surface area (Å²) in [4.78, 5) is 10.4. The van der Waals surface area contributed by atoms with Crippen LogP contribution in [0.5, 0.6) is 0 Å². The predicted octanol–water partition coefficient (Wildman–Crippen LogP) is 2.07. The van der Waals surface area contributed by atoms with Crippen LogP contribution in [0.1, 0.15) is 10.4 Å². The molecular weight excluding hydrogens is 137 g/mol. The molecule has 9 heavy (non-hydrogen) atoms. The quantitative estimate of drug-likeness (QED) is 0.432. The zero-order valence-corrected chi connectivity index (χ0v) is 5.43. The summed E-state index contributed by atoms with van der Waals surface area (Å²) in [6.45, 7) is 0. The third kappa shape index (κ3) is 1.54. The second-order valence-corrected chi connectivity index (χ2v) is 1.98. The molecule has 0 saturated carbocycles. The number of hydrogen-bond donors (Lipinski definition) is 0. The number of hydrogen-bond acceptors (Lipinski definition) is 1. The summed E-state index contributed by atoms with van der Waals surface area (Å²) in [5.74, 6) is 0. The lowest BCUT2D eigenvalue weighted by molar-refractivity contribution is 0.108. The summed E-state index contributed by atoms with van der Waals surface area (Å²) >= 11 is 5.16. The molecule has 0 aliphatic carbocycles. The van der Waals surface area contributed by atoms with E-state index in [9.17, 15) is 4.79 Å². The number of carbonyl (C=O) groups is 1. The highest BCUT2D eigenvalue weighted by Gasteiger charge is 1.95. The van der Waals surface area contributed by atoms with Crippen LogP contribution in [0, 0.1) is 0 Å². The van der Waals surface area contributed by atoms with Crippen LogP contribution in [-0.2, 0) is 0 Å². The lowest BCUT2D eigenvalue weighted by Gasteiger charge is -1.87. The molecule has 0 fully saturated rings. The maximum atomic E-state index is 10.4. The zero-order chi connectivity index (χ0) is 6.69. The van der Waals surface area contributed by atoms with Gasteiger partial charge in [-0.2, -0.15) is 0 Å². The van der Waals surface area contributed by atoms with Crippen molar-refractivity contribution in [1.29, 1.82) is 0 Å². The molecule has 0 bridgehead atoms. The Bertz CT molecular complexity index is 205. The van der Waals surface area contributed by atoms with E-state index in [-0.39, 0.29) is 0 Å². The number of halogens is 1. The third-order valence-corrected chi connectivity index (χ3v) is 1.22. The van der Waals surface area contributed by atoms with Crippen molar-refractivity contribution in [1.82, 2.24) is 0 Å². The van der Waals surface area contributed by atoms with Crippen molar-refractivity contribution >= 4 is 16.8 Å². The van der Waals surface area contributed by atoms with Gasteiger partial charge in [0.2, 0.25) is 0 Å². The number of carbonyl (C=O) groups excluding carboxylic acids is 1. The standard InChI is InChI=1S/C7H5ClO/c8-7(9)6-4-2-1-3-5-6/h1-5H/i7+1. The molecular formula is C7H5ClO. The number of rotatable bonds is 1. The van der Waals surface area contributed by atoms with E-state index >= 15 is 0 Å². The monoisotopic (exact) mass is 141 g/mol. The van der Waals surface area contributed by atoms with Gasteiger partial charge in [0.1, 0.15) is 0 Å². The smallest absolute Gasteiger partial charge is 0.252 e. The Kier molecular flexibility index (Phi) is 1.85. The lowest BCUT2D eigenvalue weighted by Crippen LogP contribution is -1.84. The van der Waals surface area contributed by atoms with Crippen LogP contribution < -0.4 is 0 Å². The maximum Gasteiger partial charge on any atom is 0.252 e. The Hall–Kier alpha value is -0.820. The van der Waals surface area contributed by atoms with Crippen LogP contribution in [0.15, 0.2) is 30.3 Å². The fraction of sp³-hybridized carbons (Fsp3) is 0. The van der Waals surface area contributed by atoms with Crippen molar-refractivity contribution in [2.45, 2.75) is 0 Å². The zero-order valence-electron chi connectivity index (χ0n) is 4.67. The van der Waals surface area contributed by atoms with Crippen LogP contribution in [0.3, 0.4) is 0 Å². The first-order valence-electron chi connectivity index (χ1n) is 2.55. The molecule has 46 valence electrons. The molecule has 1 nitrogen and oxygen atoms in total. The minimum Gasteiger partial charge on any atom is -0.276 e. The van der Waals surface area contributed by atoms with E-state index in [2.05, 4.69) is 0 Å². The molecule has 0 heterocycles. The topological polar surface area (TPSA) is 17.1 Å². The fourth-order valence-electron chi connectivity index (χ4n) is 0.569. The Balaban J connectivity index is 2.98. The summed E-state index contributed by atoms with van der Waals surface area (Å²) in [6.07, 6.45) is 0. The van der Waals surface area contributed by atoms with Crippen molar-refractivity contribution in [3.8, 4) is 0 Å². The summed E-state index contributed by atoms with van der Waals surface area (Å²) in [7, 11) is 0. The van der Waals surface area contributed by atoms with Gasteiger partial charge in [-0.3, -0.25) is 4.79 Å². The minimum atomic E-state index is -0.407. The SMILES string of the molecule is O=[13C](Cl)c1ccccc1. The molecule has 0 N–H and O–H groups in total. The average molecular weight is 142 g/mol. The van der Waals surface area contributed by atoms with Gasteiger partial charge in [-0.05, 0) is 11.6 Å². The molecule has 0 aliphatic heterocycles. The van der Waals surface area contributed by atoms with Gasteiger partial charge in [-0.25, -0.2) is 0 Å². The molecule has 0 aromatic heterocycles. The Morgan fingerprint density at radius 2 is 1.78 bits per heavy atom. The van der Waals surface area contributed by atoms with E-state index < -0.39 is 5.24 Å². The van der Waals surface area contributed by atoms with Crippen LogP contribution >= 0.6 is 11.6 Å². The molecule has 0 radical (unpaired) electrons. The van der Waals surface area contributed by atoms with Gasteiger partial charge in [0, 0.05) is 5.56 Å². The highest BCUT2D eigenvalue weighted by atomic mass is 35.5. The van der Waals surface area contributed by atoms with Gasteiger partial charge in [0.25, 0.3) is 5.24 Å². The van der Waals surface area contributed by atoms with Gasteiger partial charge in [-0.1, -0.05) is 30.3 Å². The molecule has 0 saturated heterocycles. The van der Waals surface area contributed by atoms with E-state index in [1.165, 1.54) is 0 Å².